The van der Waals surface area contributed by atoms with Crippen molar-refractivity contribution in [1.29, 1.82) is 0 Å². The van der Waals surface area contributed by atoms with E-state index < -0.39 is 22.6 Å². The number of aryl methyl sites for hydroxylation is 2. The minimum absolute atomic E-state index is 0.0101. The maximum absolute atomic E-state index is 12.5. The molecule has 0 amide bonds. The molecule has 0 aliphatic carbocycles. The molecule has 0 aliphatic heterocycles. The third-order valence-corrected chi connectivity index (χ3v) is 4.69. The summed E-state index contributed by atoms with van der Waals surface area (Å²) in [4.78, 5) is 10.6. The minimum Gasteiger partial charge on any atom is -0.481 e. The lowest BCUT2D eigenvalue weighted by Gasteiger charge is -2.15. The van der Waals surface area contributed by atoms with Crippen molar-refractivity contribution in [1.82, 2.24) is 5.16 Å². The lowest BCUT2D eigenvalue weighted by atomic mass is 10.1. The summed E-state index contributed by atoms with van der Waals surface area (Å²) in [7, 11) is -3.89. The number of benzene rings is 1. The Kier molecular flexibility index (Phi) is 4.60. The second-order valence-electron chi connectivity index (χ2n) is 4.92. The van der Waals surface area contributed by atoms with Crippen molar-refractivity contribution in [2.75, 3.05) is 11.3 Å². The molecular weight excluding hydrogens is 324 g/mol. The highest BCUT2D eigenvalue weighted by molar-refractivity contribution is 7.92. The predicted molar refractivity (Wildman–Crippen MR) is 81.1 cm³/mol. The zero-order valence-corrected chi connectivity index (χ0v) is 13.6. The summed E-state index contributed by atoms with van der Waals surface area (Å²) in [6.07, 6.45) is 1.26. The second-order valence-corrected chi connectivity index (χ2v) is 6.57. The van der Waals surface area contributed by atoms with Crippen molar-refractivity contribution < 1.29 is 27.6 Å². The maximum Gasteiger partial charge on any atom is 0.341 e. The third-order valence-electron chi connectivity index (χ3n) is 3.18. The Labute approximate surface area is 133 Å². The highest BCUT2D eigenvalue weighted by Crippen LogP contribution is 2.30. The van der Waals surface area contributed by atoms with Crippen LogP contribution < -0.4 is 9.46 Å². The summed E-state index contributed by atoms with van der Waals surface area (Å²) in [6.45, 7) is 4.29. The van der Waals surface area contributed by atoms with Gasteiger partial charge in [-0.2, -0.15) is 0 Å². The number of aliphatic carboxylic acids is 1. The number of sulfonamides is 1. The molecule has 2 aromatic rings. The van der Waals surface area contributed by atoms with Crippen molar-refractivity contribution in [2.24, 2.45) is 0 Å². The molecule has 2 N–H and O–H groups in total. The van der Waals surface area contributed by atoms with E-state index in [0.717, 1.165) is 0 Å². The molecule has 0 fully saturated rings. The van der Waals surface area contributed by atoms with Crippen LogP contribution in [0.25, 0.3) is 0 Å². The molecule has 2 rings (SSSR count). The number of aromatic nitrogens is 1. The van der Waals surface area contributed by atoms with E-state index in [9.17, 15) is 13.2 Å². The summed E-state index contributed by atoms with van der Waals surface area (Å²) < 4.78 is 37.4. The molecule has 0 unspecified atom stereocenters. The average Bonchev–Trinajstić information content (AvgIpc) is 2.82. The number of carbonyl (C=O) groups is 1. The molecule has 0 spiro atoms. The van der Waals surface area contributed by atoms with Gasteiger partial charge >= 0.3 is 5.97 Å². The molecule has 1 aromatic heterocycles. The van der Waals surface area contributed by atoms with Crippen LogP contribution in [0, 0.1) is 20.8 Å². The van der Waals surface area contributed by atoms with Crippen LogP contribution in [-0.4, -0.2) is 31.3 Å². The van der Waals surface area contributed by atoms with Crippen LogP contribution >= 0.6 is 0 Å². The number of anilines is 1. The molecule has 0 saturated carbocycles. The number of hydrogen-bond acceptors (Lipinski definition) is 6. The molecule has 1 heterocycles. The lowest BCUT2D eigenvalue weighted by Crippen LogP contribution is -2.16. The Morgan fingerprint density at radius 3 is 2.61 bits per heavy atom. The van der Waals surface area contributed by atoms with E-state index >= 15 is 0 Å². The van der Waals surface area contributed by atoms with E-state index in [-0.39, 0.29) is 16.3 Å². The highest BCUT2D eigenvalue weighted by Gasteiger charge is 2.22. The zero-order chi connectivity index (χ0) is 17.2. The number of hydrogen-bond donors (Lipinski definition) is 2. The number of carboxylic acid groups (broad SMARTS) is 1. The number of rotatable bonds is 6. The first-order valence-corrected chi connectivity index (χ1v) is 8.09. The zero-order valence-electron chi connectivity index (χ0n) is 12.8. The fourth-order valence-electron chi connectivity index (χ4n) is 2.05. The van der Waals surface area contributed by atoms with Gasteiger partial charge < -0.3 is 14.4 Å². The Morgan fingerprint density at radius 2 is 2.04 bits per heavy atom. The molecule has 8 nitrogen and oxygen atoms in total. The van der Waals surface area contributed by atoms with Gasteiger partial charge in [-0.15, -0.1) is 0 Å². The molecule has 0 saturated heterocycles. The van der Waals surface area contributed by atoms with Crippen molar-refractivity contribution in [3.05, 3.63) is 35.2 Å². The van der Waals surface area contributed by atoms with Crippen LogP contribution in [0.3, 0.4) is 0 Å². The second kappa shape index (κ2) is 6.29. The number of carboxylic acids is 1. The van der Waals surface area contributed by atoms with Gasteiger partial charge in [-0.3, -0.25) is 4.72 Å². The molecule has 0 bridgehead atoms. The van der Waals surface area contributed by atoms with Gasteiger partial charge in [-0.1, -0.05) is 11.2 Å². The van der Waals surface area contributed by atoms with E-state index in [0.29, 0.717) is 16.9 Å². The number of nitrogens with zero attached hydrogens (tertiary/aromatic N) is 1. The normalized spacial score (nSPS) is 11.3. The number of nitrogens with one attached hydrogen (secondary N) is 1. The van der Waals surface area contributed by atoms with E-state index in [4.69, 9.17) is 14.4 Å². The van der Waals surface area contributed by atoms with Gasteiger partial charge in [0.1, 0.15) is 11.4 Å². The standard InChI is InChI=1S/C14H16N2O6S/c1-8-4-5-12(9(2)14(8)21-7-13(17)18)23(19,20)16-11-6-15-22-10(11)3/h4-6,16H,7H2,1-3H3,(H,17,18). The summed E-state index contributed by atoms with van der Waals surface area (Å²) in [5.74, 6) is -0.576. The van der Waals surface area contributed by atoms with Gasteiger partial charge in [-0.05, 0) is 32.4 Å². The molecule has 1 aromatic carbocycles. The first-order chi connectivity index (χ1) is 10.7. The molecule has 0 atom stereocenters. The van der Waals surface area contributed by atoms with Crippen molar-refractivity contribution in [3.8, 4) is 5.75 Å². The van der Waals surface area contributed by atoms with Crippen LogP contribution in [0.4, 0.5) is 5.69 Å². The number of ether oxygens (including phenoxy) is 1. The average molecular weight is 340 g/mol. The molecule has 0 radical (unpaired) electrons. The first kappa shape index (κ1) is 16.8. The first-order valence-electron chi connectivity index (χ1n) is 6.61. The van der Waals surface area contributed by atoms with E-state index in [1.807, 2.05) is 0 Å². The van der Waals surface area contributed by atoms with Gasteiger partial charge in [0, 0.05) is 5.56 Å². The van der Waals surface area contributed by atoms with Gasteiger partial charge in [0.15, 0.2) is 12.4 Å². The van der Waals surface area contributed by atoms with Crippen LogP contribution in [0.2, 0.25) is 0 Å². The van der Waals surface area contributed by atoms with Gasteiger partial charge in [0.05, 0.1) is 11.1 Å². The summed E-state index contributed by atoms with van der Waals surface area (Å²) in [5, 5.41) is 12.2. The Morgan fingerprint density at radius 1 is 1.35 bits per heavy atom. The van der Waals surface area contributed by atoms with Crippen molar-refractivity contribution in [2.45, 2.75) is 25.7 Å². The molecule has 23 heavy (non-hydrogen) atoms. The Balaban J connectivity index is 2.40. The Hall–Kier alpha value is -2.55. The molecule has 0 aliphatic rings. The van der Waals surface area contributed by atoms with Crippen LogP contribution in [0.1, 0.15) is 16.9 Å². The fourth-order valence-corrected chi connectivity index (χ4v) is 3.39. The highest BCUT2D eigenvalue weighted by atomic mass is 32.2. The van der Waals surface area contributed by atoms with Crippen LogP contribution in [-0.2, 0) is 14.8 Å². The quantitative estimate of drug-likeness (QED) is 0.823. The van der Waals surface area contributed by atoms with Gasteiger partial charge in [-0.25, -0.2) is 13.2 Å². The smallest absolute Gasteiger partial charge is 0.341 e. The summed E-state index contributed by atoms with van der Waals surface area (Å²) in [5.41, 5.74) is 1.20. The van der Waals surface area contributed by atoms with E-state index in [2.05, 4.69) is 9.88 Å². The van der Waals surface area contributed by atoms with E-state index in [1.165, 1.54) is 12.3 Å². The monoisotopic (exact) mass is 340 g/mol. The molecule has 124 valence electrons. The van der Waals surface area contributed by atoms with Crippen LogP contribution in [0.15, 0.2) is 27.7 Å². The molecular formula is C14H16N2O6S. The van der Waals surface area contributed by atoms with Crippen molar-refractivity contribution >= 4 is 21.7 Å². The van der Waals surface area contributed by atoms with E-state index in [1.54, 1.807) is 26.8 Å². The van der Waals surface area contributed by atoms with Gasteiger partial charge in [0.2, 0.25) is 0 Å². The van der Waals surface area contributed by atoms with Gasteiger partial charge in [0.25, 0.3) is 10.0 Å². The van der Waals surface area contributed by atoms with Crippen molar-refractivity contribution in [3.63, 3.8) is 0 Å². The maximum atomic E-state index is 12.5. The lowest BCUT2D eigenvalue weighted by molar-refractivity contribution is -0.139. The molecule has 9 heteroatoms. The summed E-state index contributed by atoms with van der Waals surface area (Å²) >= 11 is 0. The minimum atomic E-state index is -3.89. The SMILES string of the molecule is Cc1ccc(S(=O)(=O)Nc2cnoc2C)c(C)c1OCC(=O)O. The third kappa shape index (κ3) is 3.62. The topological polar surface area (TPSA) is 119 Å². The predicted octanol–water partition coefficient (Wildman–Crippen LogP) is 1.86. The largest absolute Gasteiger partial charge is 0.481 e. The Bertz CT molecular complexity index is 841. The van der Waals surface area contributed by atoms with Crippen LogP contribution in [0.5, 0.6) is 5.75 Å². The fraction of sp³-hybridized carbons (Fsp3) is 0.286. The summed E-state index contributed by atoms with van der Waals surface area (Å²) in [6, 6.07) is 2.99.